The number of carbonyl (C=O) groups is 1. The lowest BCUT2D eigenvalue weighted by Crippen LogP contribution is -2.38. The molecule has 3 unspecified atom stereocenters. The average molecular weight is 433 g/mol. The molecular weight excluding hydrogens is 411 g/mol. The first-order valence-corrected chi connectivity index (χ1v) is 10.4. The molecule has 0 spiro atoms. The van der Waals surface area contributed by atoms with Gasteiger partial charge in [0.25, 0.3) is 5.91 Å². The maximum atomic E-state index is 13.3. The summed E-state index contributed by atoms with van der Waals surface area (Å²) in [5.41, 5.74) is 0.228. The lowest BCUT2D eigenvalue weighted by Gasteiger charge is -2.22. The molecular formula is C21H22ClFN4O3. The van der Waals surface area contributed by atoms with Gasteiger partial charge < -0.3 is 10.6 Å². The molecule has 1 aromatic heterocycles. The van der Waals surface area contributed by atoms with E-state index in [1.165, 1.54) is 0 Å². The van der Waals surface area contributed by atoms with Crippen molar-refractivity contribution in [2.24, 2.45) is 17.8 Å². The van der Waals surface area contributed by atoms with Crippen LogP contribution in [0.3, 0.4) is 0 Å². The summed E-state index contributed by atoms with van der Waals surface area (Å²) in [5.74, 6) is 0.579. The summed E-state index contributed by atoms with van der Waals surface area (Å²) >= 11 is 5.88. The summed E-state index contributed by atoms with van der Waals surface area (Å²) in [4.78, 5) is 26.9. The van der Waals surface area contributed by atoms with Gasteiger partial charge in [0.15, 0.2) is 0 Å². The van der Waals surface area contributed by atoms with Crippen molar-refractivity contribution in [3.05, 3.63) is 63.0 Å². The minimum absolute atomic E-state index is 0.0531. The minimum atomic E-state index is -0.733. The van der Waals surface area contributed by atoms with Gasteiger partial charge in [0, 0.05) is 22.7 Å². The Morgan fingerprint density at radius 2 is 2.00 bits per heavy atom. The lowest BCUT2D eigenvalue weighted by atomic mass is 9.99. The zero-order valence-corrected chi connectivity index (χ0v) is 17.1. The predicted octanol–water partition coefficient (Wildman–Crippen LogP) is 4.43. The summed E-state index contributed by atoms with van der Waals surface area (Å²) in [7, 11) is 0. The summed E-state index contributed by atoms with van der Waals surface area (Å²) in [6.45, 7) is 2.06. The molecule has 1 aromatic carbocycles. The largest absolute Gasteiger partial charge is 0.362 e. The van der Waals surface area contributed by atoms with Gasteiger partial charge in [-0.1, -0.05) is 18.5 Å². The third-order valence-electron chi connectivity index (χ3n) is 6.21. The molecule has 4 rings (SSSR count). The first-order chi connectivity index (χ1) is 14.4. The van der Waals surface area contributed by atoms with Gasteiger partial charge in [-0.05, 0) is 61.3 Å². The van der Waals surface area contributed by atoms with Crippen LogP contribution in [0.4, 0.5) is 15.9 Å². The Hall–Kier alpha value is -2.74. The van der Waals surface area contributed by atoms with Gasteiger partial charge in [-0.3, -0.25) is 14.9 Å². The number of hydrogen-bond acceptors (Lipinski definition) is 5. The van der Waals surface area contributed by atoms with Crippen molar-refractivity contribution in [3.63, 3.8) is 0 Å². The van der Waals surface area contributed by atoms with E-state index in [2.05, 4.69) is 22.5 Å². The Bertz CT molecular complexity index is 959. The van der Waals surface area contributed by atoms with Gasteiger partial charge in [0.2, 0.25) is 5.82 Å². The number of rotatable bonds is 7. The summed E-state index contributed by atoms with van der Waals surface area (Å²) in [5, 5.41) is 18.0. The van der Waals surface area contributed by atoms with Crippen molar-refractivity contribution >= 4 is 29.0 Å². The Balaban J connectivity index is 1.35. The lowest BCUT2D eigenvalue weighted by molar-refractivity contribution is -0.384. The highest BCUT2D eigenvalue weighted by atomic mass is 35.5. The number of pyridine rings is 1. The first kappa shape index (κ1) is 20.5. The Kier molecular flexibility index (Phi) is 5.60. The van der Waals surface area contributed by atoms with Crippen molar-refractivity contribution in [1.29, 1.82) is 0 Å². The van der Waals surface area contributed by atoms with Crippen molar-refractivity contribution in [2.75, 3.05) is 5.32 Å². The van der Waals surface area contributed by atoms with E-state index in [1.54, 1.807) is 24.3 Å². The van der Waals surface area contributed by atoms with Crippen molar-refractivity contribution in [2.45, 2.75) is 38.3 Å². The fraction of sp³-hybridized carbons (Fsp3) is 0.429. The van der Waals surface area contributed by atoms with Crippen LogP contribution in [0.1, 0.15) is 36.5 Å². The van der Waals surface area contributed by atoms with Gasteiger partial charge in [0.1, 0.15) is 5.82 Å². The molecule has 2 aliphatic rings. The summed E-state index contributed by atoms with van der Waals surface area (Å²) < 4.78 is 13.3. The van der Waals surface area contributed by atoms with E-state index in [4.69, 9.17) is 11.6 Å². The smallest absolute Gasteiger partial charge is 0.314 e. The number of anilines is 1. The van der Waals surface area contributed by atoms with Crippen LogP contribution in [-0.4, -0.2) is 27.9 Å². The van der Waals surface area contributed by atoms with Crippen LogP contribution >= 0.6 is 11.6 Å². The van der Waals surface area contributed by atoms with Gasteiger partial charge in [-0.2, -0.15) is 0 Å². The zero-order valence-electron chi connectivity index (χ0n) is 16.3. The number of nitrogens with one attached hydrogen (secondary N) is 2. The van der Waals surface area contributed by atoms with E-state index in [0.29, 0.717) is 28.3 Å². The molecule has 0 saturated heterocycles. The number of benzene rings is 1. The molecule has 1 amide bonds. The topological polar surface area (TPSA) is 97.2 Å². The number of halogens is 2. The second kappa shape index (κ2) is 8.18. The van der Waals surface area contributed by atoms with Crippen LogP contribution in [0.5, 0.6) is 0 Å². The highest BCUT2D eigenvalue weighted by Crippen LogP contribution is 2.60. The first-order valence-electron chi connectivity index (χ1n) is 10.00. The van der Waals surface area contributed by atoms with E-state index in [-0.39, 0.29) is 29.5 Å². The third kappa shape index (κ3) is 4.09. The molecule has 0 radical (unpaired) electrons. The van der Waals surface area contributed by atoms with Crippen LogP contribution in [0.2, 0.25) is 5.02 Å². The van der Waals surface area contributed by atoms with Crippen molar-refractivity contribution in [1.82, 2.24) is 10.3 Å². The number of nitro groups is 1. The van der Waals surface area contributed by atoms with E-state index in [9.17, 15) is 19.3 Å². The number of fused-ring (bicyclic) bond motifs is 1. The third-order valence-corrected chi connectivity index (χ3v) is 6.46. The predicted molar refractivity (Wildman–Crippen MR) is 111 cm³/mol. The normalized spacial score (nSPS) is 25.3. The van der Waals surface area contributed by atoms with Crippen LogP contribution < -0.4 is 10.6 Å². The second-order valence-corrected chi connectivity index (χ2v) is 8.43. The molecule has 3 atom stereocenters. The minimum Gasteiger partial charge on any atom is -0.362 e. The quantitative estimate of drug-likeness (QED) is 0.498. The fourth-order valence-electron chi connectivity index (χ4n) is 4.80. The molecule has 158 valence electrons. The molecule has 0 aliphatic heterocycles. The van der Waals surface area contributed by atoms with Gasteiger partial charge >= 0.3 is 5.69 Å². The number of amides is 1. The molecule has 7 nitrogen and oxygen atoms in total. The maximum absolute atomic E-state index is 13.3. The van der Waals surface area contributed by atoms with Crippen molar-refractivity contribution < 1.29 is 14.1 Å². The van der Waals surface area contributed by atoms with E-state index in [1.807, 2.05) is 0 Å². The highest BCUT2D eigenvalue weighted by molar-refractivity contribution is 6.30. The van der Waals surface area contributed by atoms with Gasteiger partial charge in [-0.25, -0.2) is 9.37 Å². The molecule has 2 saturated carbocycles. The molecule has 30 heavy (non-hydrogen) atoms. The molecule has 0 bridgehead atoms. The number of hydrogen-bond donors (Lipinski definition) is 2. The summed E-state index contributed by atoms with van der Waals surface area (Å²) in [6.07, 6.45) is 3.50. The molecule has 2 fully saturated rings. The van der Waals surface area contributed by atoms with Crippen LogP contribution in [0.25, 0.3) is 0 Å². The van der Waals surface area contributed by atoms with E-state index in [0.717, 1.165) is 31.5 Å². The van der Waals surface area contributed by atoms with E-state index >= 15 is 0 Å². The SMILES string of the molecule is CCC(NC(=O)c1ccc(Cl)cc1)C1C2CC(Nc3ncc(F)cc3[N+](=O)[O-])CC21. The summed E-state index contributed by atoms with van der Waals surface area (Å²) in [6, 6.07) is 7.83. The molecule has 2 aliphatic carbocycles. The Morgan fingerprint density at radius 3 is 2.60 bits per heavy atom. The molecule has 2 N–H and O–H groups in total. The van der Waals surface area contributed by atoms with Crippen LogP contribution in [-0.2, 0) is 0 Å². The number of aromatic nitrogens is 1. The van der Waals surface area contributed by atoms with Gasteiger partial charge in [-0.15, -0.1) is 0 Å². The Labute approximate surface area is 178 Å². The average Bonchev–Trinajstić information content (AvgIpc) is 3.21. The van der Waals surface area contributed by atoms with Crippen LogP contribution in [0.15, 0.2) is 36.5 Å². The Morgan fingerprint density at radius 1 is 1.33 bits per heavy atom. The fourth-order valence-corrected chi connectivity index (χ4v) is 4.93. The highest BCUT2D eigenvalue weighted by Gasteiger charge is 2.58. The second-order valence-electron chi connectivity index (χ2n) is 7.99. The number of nitrogens with zero attached hydrogens (tertiary/aromatic N) is 2. The molecule has 1 heterocycles. The van der Waals surface area contributed by atoms with Crippen LogP contribution in [0, 0.1) is 33.7 Å². The van der Waals surface area contributed by atoms with Gasteiger partial charge in [0.05, 0.1) is 17.2 Å². The standard InChI is InChI=1S/C21H22ClFN4O3/c1-2-17(26-21(28)11-3-5-12(22)6-4-11)19-15-8-14(9-16(15)19)25-20-18(27(29)30)7-13(23)10-24-20/h3-7,10,14-17,19H,2,8-9H2,1H3,(H,24,25)(H,26,28). The van der Waals surface area contributed by atoms with E-state index < -0.39 is 10.7 Å². The molecule has 9 heteroatoms. The monoisotopic (exact) mass is 432 g/mol. The molecule has 2 aromatic rings. The van der Waals surface area contributed by atoms with Crippen molar-refractivity contribution in [3.8, 4) is 0 Å². The zero-order chi connectivity index (χ0) is 21.4. The maximum Gasteiger partial charge on any atom is 0.314 e. The number of carbonyl (C=O) groups excluding carboxylic acids is 1.